The molecular formula is C32H26IrNO4-. The van der Waals surface area contributed by atoms with Crippen molar-refractivity contribution in [1.82, 2.24) is 4.98 Å². The summed E-state index contributed by atoms with van der Waals surface area (Å²) in [5, 5.41) is 20.0. The van der Waals surface area contributed by atoms with Gasteiger partial charge in [0.25, 0.3) is 0 Å². The van der Waals surface area contributed by atoms with Crippen LogP contribution in [-0.2, 0) is 20.1 Å². The summed E-state index contributed by atoms with van der Waals surface area (Å²) in [6.07, 6.45) is 0.798. The number of aromatic nitrogens is 1. The van der Waals surface area contributed by atoms with Gasteiger partial charge in [0.05, 0.1) is 23.7 Å². The summed E-state index contributed by atoms with van der Waals surface area (Å²) in [7, 11) is 0. The van der Waals surface area contributed by atoms with Crippen LogP contribution < -0.4 is 9.47 Å². The van der Waals surface area contributed by atoms with Crippen molar-refractivity contribution < 1.29 is 39.8 Å². The topological polar surface area (TPSA) is 71.8 Å². The fraction of sp³-hybridized carbons (Fsp3) is 0.0938. The van der Waals surface area contributed by atoms with E-state index in [0.717, 1.165) is 28.1 Å². The zero-order valence-electron chi connectivity index (χ0n) is 20.4. The SMILES string of the molecule is OC(CC(O)c1ccccc1)c1ccccc1.[Ir].[c-]1ccc2c(c1-c1ccccn1)Oc1ccccc1O2. The summed E-state index contributed by atoms with van der Waals surface area (Å²) in [5.74, 6) is 2.77. The van der Waals surface area contributed by atoms with Gasteiger partial charge in [-0.1, -0.05) is 96.6 Å². The van der Waals surface area contributed by atoms with E-state index in [1.165, 1.54) is 0 Å². The number of para-hydroxylation sites is 2. The number of ether oxygens (including phenoxy) is 2. The van der Waals surface area contributed by atoms with Crippen LogP contribution in [0.3, 0.4) is 0 Å². The predicted molar refractivity (Wildman–Crippen MR) is 143 cm³/mol. The molecule has 0 aliphatic carbocycles. The Kier molecular flexibility index (Phi) is 9.41. The molecule has 0 fully saturated rings. The van der Waals surface area contributed by atoms with E-state index in [9.17, 15) is 10.2 Å². The van der Waals surface area contributed by atoms with E-state index in [0.29, 0.717) is 23.7 Å². The Morgan fingerprint density at radius 3 is 1.76 bits per heavy atom. The fourth-order valence-electron chi connectivity index (χ4n) is 4.03. The third-order valence-electron chi connectivity index (χ3n) is 5.93. The van der Waals surface area contributed by atoms with Crippen LogP contribution in [-0.4, -0.2) is 15.2 Å². The number of aliphatic hydroxyl groups excluding tert-OH is 2. The van der Waals surface area contributed by atoms with Gasteiger partial charge in [0.2, 0.25) is 0 Å². The molecule has 4 aromatic carbocycles. The number of rotatable bonds is 5. The van der Waals surface area contributed by atoms with Crippen molar-refractivity contribution in [3.05, 3.63) is 139 Å². The van der Waals surface area contributed by atoms with E-state index in [4.69, 9.17) is 9.47 Å². The quantitative estimate of drug-likeness (QED) is 0.187. The molecule has 0 bridgehead atoms. The van der Waals surface area contributed by atoms with Crippen molar-refractivity contribution in [1.29, 1.82) is 0 Å². The van der Waals surface area contributed by atoms with Crippen LogP contribution in [0.15, 0.2) is 121 Å². The Morgan fingerprint density at radius 2 is 1.18 bits per heavy atom. The van der Waals surface area contributed by atoms with Gasteiger partial charge in [-0.15, -0.1) is 12.1 Å². The Labute approximate surface area is 235 Å². The second-order valence-electron chi connectivity index (χ2n) is 8.50. The monoisotopic (exact) mass is 681 g/mol. The number of benzene rings is 4. The summed E-state index contributed by atoms with van der Waals surface area (Å²) in [4.78, 5) is 4.35. The second kappa shape index (κ2) is 13.1. The van der Waals surface area contributed by atoms with Gasteiger partial charge in [-0.25, -0.2) is 0 Å². The van der Waals surface area contributed by atoms with Gasteiger partial charge < -0.3 is 24.7 Å². The Bertz CT molecular complexity index is 1390. The predicted octanol–water partition coefficient (Wildman–Crippen LogP) is 7.29. The first kappa shape index (κ1) is 27.2. The summed E-state index contributed by atoms with van der Waals surface area (Å²) in [6, 6.07) is 39.0. The van der Waals surface area contributed by atoms with E-state index in [2.05, 4.69) is 11.1 Å². The fourth-order valence-corrected chi connectivity index (χ4v) is 4.03. The summed E-state index contributed by atoms with van der Waals surface area (Å²) in [6.45, 7) is 0. The molecule has 193 valence electrons. The molecule has 2 heterocycles. The first-order chi connectivity index (χ1) is 18.2. The largest absolute Gasteiger partial charge is 0.494 e. The zero-order chi connectivity index (χ0) is 25.5. The molecule has 38 heavy (non-hydrogen) atoms. The van der Waals surface area contributed by atoms with Gasteiger partial charge in [0, 0.05) is 32.7 Å². The molecule has 0 spiro atoms. The third kappa shape index (κ3) is 6.55. The number of hydrogen-bond donors (Lipinski definition) is 2. The van der Waals surface area contributed by atoms with Crippen LogP contribution in [0.2, 0.25) is 0 Å². The van der Waals surface area contributed by atoms with Crippen molar-refractivity contribution in [2.45, 2.75) is 18.6 Å². The molecule has 1 radical (unpaired) electrons. The second-order valence-corrected chi connectivity index (χ2v) is 8.50. The molecule has 1 aliphatic rings. The van der Waals surface area contributed by atoms with Crippen molar-refractivity contribution >= 4 is 0 Å². The van der Waals surface area contributed by atoms with E-state index in [1.807, 2.05) is 115 Å². The van der Waals surface area contributed by atoms with Crippen LogP contribution in [0.4, 0.5) is 0 Å². The van der Waals surface area contributed by atoms with Crippen molar-refractivity contribution in [2.24, 2.45) is 0 Å². The van der Waals surface area contributed by atoms with Crippen molar-refractivity contribution in [3.63, 3.8) is 0 Å². The van der Waals surface area contributed by atoms with Crippen LogP contribution in [0, 0.1) is 6.07 Å². The molecule has 6 rings (SSSR count). The molecule has 2 atom stereocenters. The average molecular weight is 681 g/mol. The Balaban J connectivity index is 0.000000175. The van der Waals surface area contributed by atoms with Crippen molar-refractivity contribution in [2.75, 3.05) is 0 Å². The number of nitrogens with zero attached hydrogens (tertiary/aromatic N) is 1. The Hall–Kier alpha value is -3.80. The number of hydrogen-bond acceptors (Lipinski definition) is 5. The summed E-state index contributed by atoms with van der Waals surface area (Å²) < 4.78 is 11.8. The molecule has 5 aromatic rings. The number of pyridine rings is 1. The van der Waals surface area contributed by atoms with E-state index in [-0.39, 0.29) is 20.1 Å². The maximum Gasteiger partial charge on any atom is 0.166 e. The van der Waals surface area contributed by atoms with Crippen LogP contribution in [0.25, 0.3) is 11.3 Å². The molecule has 1 aliphatic heterocycles. The molecule has 6 heteroatoms. The minimum absolute atomic E-state index is 0. The van der Waals surface area contributed by atoms with Gasteiger partial charge in [-0.3, -0.25) is 0 Å². The molecule has 0 saturated carbocycles. The first-order valence-corrected chi connectivity index (χ1v) is 12.1. The molecule has 2 N–H and O–H groups in total. The number of fused-ring (bicyclic) bond motifs is 2. The Morgan fingerprint density at radius 1 is 0.632 bits per heavy atom. The van der Waals surface area contributed by atoms with Gasteiger partial charge in [0.1, 0.15) is 0 Å². The summed E-state index contributed by atoms with van der Waals surface area (Å²) >= 11 is 0. The van der Waals surface area contributed by atoms with Gasteiger partial charge >= 0.3 is 0 Å². The van der Waals surface area contributed by atoms with E-state index >= 15 is 0 Å². The van der Waals surface area contributed by atoms with Gasteiger partial charge in [-0.05, 0) is 35.0 Å². The maximum atomic E-state index is 9.99. The minimum atomic E-state index is -0.633. The van der Waals surface area contributed by atoms with E-state index < -0.39 is 12.2 Å². The number of aliphatic hydroxyl groups is 2. The zero-order valence-corrected chi connectivity index (χ0v) is 22.8. The standard InChI is InChI=1S/C17H10NO2.C15H16O2.Ir/c1-2-9-15-14(8-1)19-16-10-5-6-12(17(16)20-15)13-7-3-4-11-18-13;16-14(12-7-3-1-4-8-12)11-15(17)13-9-5-2-6-10-13;/h1-5,7-11H;1-10,14-17H,11H2;/q-1;;. The van der Waals surface area contributed by atoms with Gasteiger partial charge in [0.15, 0.2) is 11.5 Å². The summed E-state index contributed by atoms with van der Waals surface area (Å²) in [5.41, 5.74) is 3.29. The van der Waals surface area contributed by atoms with Crippen LogP contribution >= 0.6 is 0 Å². The molecule has 1 aromatic heterocycles. The molecular weight excluding hydrogens is 655 g/mol. The molecule has 2 unspecified atom stereocenters. The smallest absolute Gasteiger partial charge is 0.166 e. The normalized spacial score (nSPS) is 12.6. The minimum Gasteiger partial charge on any atom is -0.494 e. The van der Waals surface area contributed by atoms with E-state index in [1.54, 1.807) is 6.20 Å². The van der Waals surface area contributed by atoms with Crippen LogP contribution in [0.5, 0.6) is 23.0 Å². The molecule has 0 amide bonds. The maximum absolute atomic E-state index is 9.99. The molecule has 0 saturated heterocycles. The first-order valence-electron chi connectivity index (χ1n) is 12.1. The van der Waals surface area contributed by atoms with Crippen molar-refractivity contribution in [3.8, 4) is 34.3 Å². The third-order valence-corrected chi connectivity index (χ3v) is 5.93. The van der Waals surface area contributed by atoms with Gasteiger partial charge in [-0.2, -0.15) is 0 Å². The van der Waals surface area contributed by atoms with Crippen LogP contribution in [0.1, 0.15) is 29.8 Å². The molecule has 5 nitrogen and oxygen atoms in total. The average Bonchev–Trinajstić information content (AvgIpc) is 2.97.